The number of fused-ring (bicyclic) bond motifs is 2. The fourth-order valence-corrected chi connectivity index (χ4v) is 1.91. The van der Waals surface area contributed by atoms with Crippen LogP contribution in [0, 0.1) is 0 Å². The molecular weight excluding hydrogens is 116 g/mol. The van der Waals surface area contributed by atoms with Crippen LogP contribution >= 0.6 is 0 Å². The lowest BCUT2D eigenvalue weighted by Crippen LogP contribution is -2.50. The average molecular weight is 128 g/mol. The fraction of sp³-hybridized carbons (Fsp3) is 1.00. The van der Waals surface area contributed by atoms with Gasteiger partial charge in [-0.05, 0) is 12.8 Å². The maximum Gasteiger partial charge on any atom is 0.130 e. The molecule has 2 heterocycles. The third-order valence-corrected chi connectivity index (χ3v) is 2.42. The molecule has 3 nitrogen and oxygen atoms in total. The van der Waals surface area contributed by atoms with Gasteiger partial charge in [0.2, 0.25) is 0 Å². The highest BCUT2D eigenvalue weighted by Gasteiger charge is 2.47. The van der Waals surface area contributed by atoms with Crippen LogP contribution in [0.2, 0.25) is 0 Å². The molecule has 0 aromatic carbocycles. The Morgan fingerprint density at radius 3 is 2.56 bits per heavy atom. The molecule has 0 saturated carbocycles. The second-order valence-electron chi connectivity index (χ2n) is 3.19. The third-order valence-electron chi connectivity index (χ3n) is 2.42. The summed E-state index contributed by atoms with van der Waals surface area (Å²) in [5.41, 5.74) is 4.66. The van der Waals surface area contributed by atoms with E-state index in [-0.39, 0.29) is 6.04 Å². The van der Waals surface area contributed by atoms with Gasteiger partial charge in [-0.1, -0.05) is 0 Å². The fourth-order valence-electron chi connectivity index (χ4n) is 1.91. The minimum atomic E-state index is -0.900. The normalized spacial score (nSPS) is 56.7. The Hall–Kier alpha value is -0.120. The van der Waals surface area contributed by atoms with Crippen molar-refractivity contribution in [1.82, 2.24) is 5.32 Å². The molecule has 3 heteroatoms. The van der Waals surface area contributed by atoms with Crippen molar-refractivity contribution in [3.63, 3.8) is 0 Å². The average Bonchev–Trinajstić information content (AvgIpc) is 2.19. The number of nitrogens with two attached hydrogens (primary N) is 1. The van der Waals surface area contributed by atoms with Crippen molar-refractivity contribution in [1.29, 1.82) is 0 Å². The van der Waals surface area contributed by atoms with Gasteiger partial charge in [0.15, 0.2) is 0 Å². The highest BCUT2D eigenvalue weighted by Crippen LogP contribution is 2.32. The van der Waals surface area contributed by atoms with E-state index >= 15 is 0 Å². The van der Waals surface area contributed by atoms with Crippen molar-refractivity contribution >= 4 is 0 Å². The summed E-state index contributed by atoms with van der Waals surface area (Å²) >= 11 is 0. The highest BCUT2D eigenvalue weighted by molar-refractivity contribution is 5.04. The molecule has 2 aliphatic rings. The Balaban J connectivity index is 2.18. The molecule has 2 saturated heterocycles. The van der Waals surface area contributed by atoms with Gasteiger partial charge in [-0.15, -0.1) is 0 Å². The number of aliphatic hydroxyl groups is 1. The van der Waals surface area contributed by atoms with Crippen molar-refractivity contribution in [2.75, 3.05) is 0 Å². The van der Waals surface area contributed by atoms with Crippen LogP contribution in [-0.4, -0.2) is 22.9 Å². The first kappa shape index (κ1) is 5.65. The first-order valence-corrected chi connectivity index (χ1v) is 3.46. The molecular formula is C6H12N2O. The Morgan fingerprint density at radius 2 is 2.33 bits per heavy atom. The van der Waals surface area contributed by atoms with Crippen LogP contribution < -0.4 is 11.1 Å². The van der Waals surface area contributed by atoms with Crippen LogP contribution in [0.5, 0.6) is 0 Å². The molecule has 2 aliphatic heterocycles. The highest BCUT2D eigenvalue weighted by atomic mass is 16.3. The standard InChI is InChI=1S/C6H12N2O/c7-6(9)3-4-1-2-5(6)8-4/h4-5,8-9H,1-3,7H2. The lowest BCUT2D eigenvalue weighted by atomic mass is 9.93. The minimum Gasteiger partial charge on any atom is -0.374 e. The van der Waals surface area contributed by atoms with E-state index in [9.17, 15) is 5.11 Å². The van der Waals surface area contributed by atoms with Crippen molar-refractivity contribution in [3.05, 3.63) is 0 Å². The van der Waals surface area contributed by atoms with Gasteiger partial charge in [-0.3, -0.25) is 0 Å². The quantitative estimate of drug-likeness (QED) is 0.373. The third kappa shape index (κ3) is 0.689. The zero-order valence-electron chi connectivity index (χ0n) is 5.30. The number of nitrogens with one attached hydrogen (secondary N) is 1. The van der Waals surface area contributed by atoms with E-state index in [2.05, 4.69) is 5.32 Å². The largest absolute Gasteiger partial charge is 0.374 e. The van der Waals surface area contributed by atoms with Crippen molar-refractivity contribution in [2.24, 2.45) is 5.73 Å². The Bertz CT molecular complexity index is 135. The Morgan fingerprint density at radius 1 is 1.56 bits per heavy atom. The maximum atomic E-state index is 9.40. The molecule has 4 N–H and O–H groups in total. The van der Waals surface area contributed by atoms with Gasteiger partial charge in [0.25, 0.3) is 0 Å². The number of hydrogen-bond donors (Lipinski definition) is 3. The van der Waals surface area contributed by atoms with Crippen molar-refractivity contribution < 1.29 is 5.11 Å². The SMILES string of the molecule is NC1(O)CC2CCC1N2. The van der Waals surface area contributed by atoms with Crippen LogP contribution in [0.25, 0.3) is 0 Å². The summed E-state index contributed by atoms with van der Waals surface area (Å²) in [4.78, 5) is 0. The molecule has 0 aromatic heterocycles. The predicted molar refractivity (Wildman–Crippen MR) is 33.7 cm³/mol. The van der Waals surface area contributed by atoms with E-state index in [4.69, 9.17) is 5.73 Å². The molecule has 3 unspecified atom stereocenters. The monoisotopic (exact) mass is 128 g/mol. The molecule has 2 fully saturated rings. The smallest absolute Gasteiger partial charge is 0.130 e. The Labute approximate surface area is 54.2 Å². The molecule has 9 heavy (non-hydrogen) atoms. The molecule has 3 atom stereocenters. The second-order valence-corrected chi connectivity index (χ2v) is 3.19. The van der Waals surface area contributed by atoms with Crippen LogP contribution in [0.4, 0.5) is 0 Å². The summed E-state index contributed by atoms with van der Waals surface area (Å²) in [6.45, 7) is 0. The molecule has 0 spiro atoms. The maximum absolute atomic E-state index is 9.40. The predicted octanol–water partition coefficient (Wildman–Crippen LogP) is -0.842. The topological polar surface area (TPSA) is 58.3 Å². The lowest BCUT2D eigenvalue weighted by Gasteiger charge is -2.25. The zero-order chi connectivity index (χ0) is 6.48. The minimum absolute atomic E-state index is 0.169. The van der Waals surface area contributed by atoms with E-state index < -0.39 is 5.72 Å². The van der Waals surface area contributed by atoms with Gasteiger partial charge in [0.05, 0.1) is 0 Å². The molecule has 0 aromatic rings. The molecule has 0 amide bonds. The summed E-state index contributed by atoms with van der Waals surface area (Å²) < 4.78 is 0. The van der Waals surface area contributed by atoms with Gasteiger partial charge >= 0.3 is 0 Å². The van der Waals surface area contributed by atoms with E-state index in [1.807, 2.05) is 0 Å². The van der Waals surface area contributed by atoms with Crippen molar-refractivity contribution in [3.8, 4) is 0 Å². The molecule has 2 rings (SSSR count). The summed E-state index contributed by atoms with van der Waals surface area (Å²) in [5, 5.41) is 12.6. The second kappa shape index (κ2) is 1.48. The first-order valence-electron chi connectivity index (χ1n) is 3.46. The van der Waals surface area contributed by atoms with E-state index in [0.717, 1.165) is 12.8 Å². The summed E-state index contributed by atoms with van der Waals surface area (Å²) in [7, 11) is 0. The van der Waals surface area contributed by atoms with Gasteiger partial charge in [-0.2, -0.15) is 0 Å². The first-order chi connectivity index (χ1) is 4.18. The van der Waals surface area contributed by atoms with Crippen LogP contribution in [-0.2, 0) is 0 Å². The van der Waals surface area contributed by atoms with Crippen LogP contribution in [0.1, 0.15) is 19.3 Å². The molecule has 52 valence electrons. The molecule has 0 radical (unpaired) electrons. The summed E-state index contributed by atoms with van der Waals surface area (Å²) in [6.07, 6.45) is 2.96. The lowest BCUT2D eigenvalue weighted by molar-refractivity contribution is 0.0226. The van der Waals surface area contributed by atoms with Gasteiger partial charge in [0, 0.05) is 18.5 Å². The van der Waals surface area contributed by atoms with Gasteiger partial charge in [-0.25, -0.2) is 0 Å². The Kier molecular flexibility index (Phi) is 0.928. The number of hydrogen-bond acceptors (Lipinski definition) is 3. The van der Waals surface area contributed by atoms with E-state index in [0.29, 0.717) is 6.04 Å². The molecule has 0 aliphatic carbocycles. The molecule has 2 bridgehead atoms. The van der Waals surface area contributed by atoms with Crippen LogP contribution in [0.3, 0.4) is 0 Å². The van der Waals surface area contributed by atoms with E-state index in [1.165, 1.54) is 6.42 Å². The zero-order valence-corrected chi connectivity index (χ0v) is 5.30. The van der Waals surface area contributed by atoms with Gasteiger partial charge in [0.1, 0.15) is 5.72 Å². The summed E-state index contributed by atoms with van der Waals surface area (Å²) in [5.74, 6) is 0. The number of rotatable bonds is 0. The van der Waals surface area contributed by atoms with Crippen LogP contribution in [0.15, 0.2) is 0 Å². The van der Waals surface area contributed by atoms with Gasteiger partial charge < -0.3 is 16.2 Å². The van der Waals surface area contributed by atoms with Crippen molar-refractivity contribution in [2.45, 2.75) is 37.1 Å². The van der Waals surface area contributed by atoms with E-state index in [1.54, 1.807) is 0 Å². The summed E-state index contributed by atoms with van der Waals surface area (Å²) in [6, 6.07) is 0.660.